The second-order valence-electron chi connectivity index (χ2n) is 4.69. The highest BCUT2D eigenvalue weighted by Crippen LogP contribution is 2.25. The van der Waals surface area contributed by atoms with Gasteiger partial charge in [0.1, 0.15) is 11.6 Å². The van der Waals surface area contributed by atoms with Crippen LogP contribution in [-0.2, 0) is 11.2 Å². The molecule has 0 bridgehead atoms. The van der Waals surface area contributed by atoms with Gasteiger partial charge in [0.15, 0.2) is 0 Å². The van der Waals surface area contributed by atoms with Gasteiger partial charge in [0.05, 0.1) is 12.5 Å². The fourth-order valence-corrected chi connectivity index (χ4v) is 2.35. The largest absolute Gasteiger partial charge is 0.494 e. The van der Waals surface area contributed by atoms with Gasteiger partial charge in [-0.1, -0.05) is 24.3 Å². The van der Waals surface area contributed by atoms with Crippen molar-refractivity contribution >= 4 is 16.8 Å². The van der Waals surface area contributed by atoms with Gasteiger partial charge >= 0.3 is 0 Å². The number of carbonyl (C=O) groups excluding carboxylic acids is 1. The third kappa shape index (κ3) is 4.30. The predicted octanol–water partition coefficient (Wildman–Crippen LogP) is 4.32. The van der Waals surface area contributed by atoms with E-state index in [1.807, 2.05) is 31.2 Å². The van der Waals surface area contributed by atoms with Gasteiger partial charge in [0.25, 0.3) is 0 Å². The summed E-state index contributed by atoms with van der Waals surface area (Å²) in [6.07, 6.45) is 0.473. The molecule has 4 heteroatoms. The van der Waals surface area contributed by atoms with Crippen LogP contribution in [0, 0.1) is 5.82 Å². The normalized spacial score (nSPS) is 12.0. The van der Waals surface area contributed by atoms with E-state index < -0.39 is 11.2 Å². The lowest BCUT2D eigenvalue weighted by molar-refractivity contribution is -0.113. The van der Waals surface area contributed by atoms with Gasteiger partial charge in [-0.25, -0.2) is 4.39 Å². The fourth-order valence-electron chi connectivity index (χ4n) is 2.15. The average molecular weight is 307 g/mol. The summed E-state index contributed by atoms with van der Waals surface area (Å²) in [7, 11) is 0. The Bertz CT molecular complexity index is 593. The Labute approximate surface area is 128 Å². The molecule has 2 rings (SSSR count). The van der Waals surface area contributed by atoms with E-state index in [4.69, 9.17) is 16.3 Å². The molecular weight excluding hydrogens is 291 g/mol. The molecule has 0 heterocycles. The zero-order valence-electron chi connectivity index (χ0n) is 11.7. The van der Waals surface area contributed by atoms with E-state index in [9.17, 15) is 9.18 Å². The van der Waals surface area contributed by atoms with Gasteiger partial charge in [0, 0.05) is 0 Å². The maximum absolute atomic E-state index is 13.0. The number of carbonyl (C=O) groups is 1. The first-order valence-corrected chi connectivity index (χ1v) is 7.14. The van der Waals surface area contributed by atoms with Gasteiger partial charge in [-0.3, -0.25) is 4.79 Å². The Morgan fingerprint density at radius 3 is 2.29 bits per heavy atom. The predicted molar refractivity (Wildman–Crippen MR) is 81.3 cm³/mol. The molecule has 0 amide bonds. The van der Waals surface area contributed by atoms with E-state index >= 15 is 0 Å². The van der Waals surface area contributed by atoms with Gasteiger partial charge in [-0.15, -0.1) is 0 Å². The molecule has 0 spiro atoms. The van der Waals surface area contributed by atoms with Crippen LogP contribution in [0.3, 0.4) is 0 Å². The Morgan fingerprint density at radius 1 is 1.14 bits per heavy atom. The fraction of sp³-hybridized carbons (Fsp3) is 0.235. The Kier molecular flexibility index (Phi) is 5.34. The van der Waals surface area contributed by atoms with Crippen LogP contribution in [0.1, 0.15) is 24.0 Å². The van der Waals surface area contributed by atoms with Crippen LogP contribution in [0.15, 0.2) is 48.5 Å². The van der Waals surface area contributed by atoms with Gasteiger partial charge in [0.2, 0.25) is 5.24 Å². The van der Waals surface area contributed by atoms with Crippen LogP contribution in [-0.4, -0.2) is 11.8 Å². The third-order valence-corrected chi connectivity index (χ3v) is 3.48. The zero-order chi connectivity index (χ0) is 15.2. The second-order valence-corrected chi connectivity index (χ2v) is 5.06. The lowest BCUT2D eigenvalue weighted by atomic mass is 9.93. The summed E-state index contributed by atoms with van der Waals surface area (Å²) in [6, 6.07) is 13.4. The van der Waals surface area contributed by atoms with Crippen LogP contribution in [0.25, 0.3) is 0 Å². The number of ether oxygens (including phenoxy) is 1. The Morgan fingerprint density at radius 2 is 1.76 bits per heavy atom. The van der Waals surface area contributed by atoms with E-state index in [0.717, 1.165) is 11.3 Å². The molecule has 2 aromatic carbocycles. The van der Waals surface area contributed by atoms with E-state index in [1.54, 1.807) is 12.1 Å². The molecule has 0 radical (unpaired) electrons. The van der Waals surface area contributed by atoms with E-state index in [2.05, 4.69) is 0 Å². The molecule has 0 fully saturated rings. The van der Waals surface area contributed by atoms with E-state index in [-0.39, 0.29) is 5.82 Å². The molecule has 1 atom stereocenters. The average Bonchev–Trinajstić information content (AvgIpc) is 2.47. The van der Waals surface area contributed by atoms with Crippen molar-refractivity contribution in [2.24, 2.45) is 0 Å². The van der Waals surface area contributed by atoms with Crippen molar-refractivity contribution in [1.29, 1.82) is 0 Å². The summed E-state index contributed by atoms with van der Waals surface area (Å²) in [5.74, 6) is -0.0254. The van der Waals surface area contributed by atoms with Crippen molar-refractivity contribution in [1.82, 2.24) is 0 Å². The molecule has 0 aliphatic carbocycles. The molecular formula is C17H16ClFO2. The highest BCUT2D eigenvalue weighted by atomic mass is 35.5. The molecule has 0 N–H and O–H groups in total. The van der Waals surface area contributed by atoms with Crippen molar-refractivity contribution < 1.29 is 13.9 Å². The van der Waals surface area contributed by atoms with Crippen molar-refractivity contribution in [3.05, 3.63) is 65.5 Å². The van der Waals surface area contributed by atoms with Crippen LogP contribution >= 0.6 is 11.6 Å². The maximum atomic E-state index is 13.0. The summed E-state index contributed by atoms with van der Waals surface area (Å²) in [4.78, 5) is 11.7. The first-order chi connectivity index (χ1) is 10.1. The molecule has 0 saturated carbocycles. The minimum Gasteiger partial charge on any atom is -0.494 e. The first kappa shape index (κ1) is 15.5. The first-order valence-electron chi connectivity index (χ1n) is 6.76. The maximum Gasteiger partial charge on any atom is 0.229 e. The zero-order valence-corrected chi connectivity index (χ0v) is 12.4. The third-order valence-electron chi connectivity index (χ3n) is 3.22. The van der Waals surface area contributed by atoms with Crippen molar-refractivity contribution in [2.45, 2.75) is 19.3 Å². The van der Waals surface area contributed by atoms with Crippen LogP contribution in [0.4, 0.5) is 4.39 Å². The van der Waals surface area contributed by atoms with E-state index in [1.165, 1.54) is 12.1 Å². The lowest BCUT2D eigenvalue weighted by Crippen LogP contribution is -2.10. The van der Waals surface area contributed by atoms with Crippen LogP contribution < -0.4 is 4.74 Å². The number of halogens is 2. The number of benzene rings is 2. The summed E-state index contributed by atoms with van der Waals surface area (Å²) in [5.41, 5.74) is 1.69. The molecule has 1 unspecified atom stereocenters. The van der Waals surface area contributed by atoms with Crippen molar-refractivity contribution in [3.63, 3.8) is 0 Å². The van der Waals surface area contributed by atoms with Gasteiger partial charge < -0.3 is 4.74 Å². The molecule has 21 heavy (non-hydrogen) atoms. The number of rotatable bonds is 6. The highest BCUT2D eigenvalue weighted by Gasteiger charge is 2.19. The molecule has 110 valence electrons. The minimum atomic E-state index is -0.481. The van der Waals surface area contributed by atoms with Crippen LogP contribution in [0.2, 0.25) is 0 Å². The number of hydrogen-bond acceptors (Lipinski definition) is 2. The van der Waals surface area contributed by atoms with Gasteiger partial charge in [-0.2, -0.15) is 0 Å². The molecule has 2 aromatic rings. The monoisotopic (exact) mass is 306 g/mol. The van der Waals surface area contributed by atoms with E-state index in [0.29, 0.717) is 18.6 Å². The molecule has 0 aromatic heterocycles. The Balaban J connectivity index is 2.16. The second kappa shape index (κ2) is 7.23. The van der Waals surface area contributed by atoms with Gasteiger partial charge in [-0.05, 0) is 60.3 Å². The molecule has 2 nitrogen and oxygen atoms in total. The summed E-state index contributed by atoms with van der Waals surface area (Å²) < 4.78 is 18.3. The molecule has 0 aliphatic heterocycles. The standard InChI is InChI=1S/C17H16ClFO2/c1-2-21-15-9-3-12(4-10-15)11-16(17(18)20)13-5-7-14(19)8-6-13/h3-10,16H,2,11H2,1H3. The Hall–Kier alpha value is -1.87. The smallest absolute Gasteiger partial charge is 0.229 e. The number of hydrogen-bond donors (Lipinski definition) is 0. The topological polar surface area (TPSA) is 26.3 Å². The lowest BCUT2D eigenvalue weighted by Gasteiger charge is -2.13. The SMILES string of the molecule is CCOc1ccc(CC(C(=O)Cl)c2ccc(F)cc2)cc1. The molecule has 0 saturated heterocycles. The molecule has 0 aliphatic rings. The minimum absolute atomic E-state index is 0.333. The summed E-state index contributed by atoms with van der Waals surface area (Å²) >= 11 is 5.69. The highest BCUT2D eigenvalue weighted by molar-refractivity contribution is 6.64. The van der Waals surface area contributed by atoms with Crippen LogP contribution in [0.5, 0.6) is 5.75 Å². The quantitative estimate of drug-likeness (QED) is 0.743. The van der Waals surface area contributed by atoms with Crippen molar-refractivity contribution in [2.75, 3.05) is 6.61 Å². The summed E-state index contributed by atoms with van der Waals surface area (Å²) in [5, 5.41) is -0.449. The van der Waals surface area contributed by atoms with Crippen molar-refractivity contribution in [3.8, 4) is 5.75 Å². The summed E-state index contributed by atoms with van der Waals surface area (Å²) in [6.45, 7) is 2.53.